The number of rotatable bonds is 3. The van der Waals surface area contributed by atoms with Gasteiger partial charge in [-0.15, -0.1) is 11.3 Å². The summed E-state index contributed by atoms with van der Waals surface area (Å²) in [6.07, 6.45) is 0. The zero-order valence-corrected chi connectivity index (χ0v) is 13.3. The van der Waals surface area contributed by atoms with Gasteiger partial charge in [-0.25, -0.2) is 0 Å². The quantitative estimate of drug-likeness (QED) is 0.841. The van der Waals surface area contributed by atoms with E-state index in [1.165, 1.54) is 11.3 Å². The number of nitrogen functional groups attached to an aromatic ring is 1. The molecule has 0 fully saturated rings. The highest BCUT2D eigenvalue weighted by Gasteiger charge is 2.16. The summed E-state index contributed by atoms with van der Waals surface area (Å²) < 4.78 is 1.46. The van der Waals surface area contributed by atoms with Crippen LogP contribution in [0.3, 0.4) is 0 Å². The van der Waals surface area contributed by atoms with Crippen molar-refractivity contribution in [2.45, 2.75) is 6.54 Å². The van der Waals surface area contributed by atoms with Gasteiger partial charge in [-0.3, -0.25) is 4.79 Å². The van der Waals surface area contributed by atoms with Crippen molar-refractivity contribution < 1.29 is 4.79 Å². The fourth-order valence-electron chi connectivity index (χ4n) is 1.65. The number of thiophene rings is 1. The number of halogens is 2. The van der Waals surface area contributed by atoms with E-state index in [-0.39, 0.29) is 5.91 Å². The lowest BCUT2D eigenvalue weighted by molar-refractivity contribution is 0.0785. The summed E-state index contributed by atoms with van der Waals surface area (Å²) in [5.74, 6) is -0.0799. The van der Waals surface area contributed by atoms with Crippen LogP contribution in [0.1, 0.15) is 15.2 Å². The van der Waals surface area contributed by atoms with Crippen LogP contribution < -0.4 is 5.73 Å². The van der Waals surface area contributed by atoms with Crippen LogP contribution in [0.25, 0.3) is 0 Å². The zero-order valence-electron chi connectivity index (χ0n) is 10.2. The van der Waals surface area contributed by atoms with Crippen LogP contribution in [-0.4, -0.2) is 17.9 Å². The molecule has 2 N–H and O–H groups in total. The van der Waals surface area contributed by atoms with E-state index in [0.29, 0.717) is 17.8 Å². The Morgan fingerprint density at radius 1 is 1.42 bits per heavy atom. The van der Waals surface area contributed by atoms with Gasteiger partial charge in [-0.05, 0) is 46.3 Å². The molecule has 0 bridgehead atoms. The molecular formula is C13H12BrClN2OS. The second-order valence-corrected chi connectivity index (χ2v) is 6.76. The number of benzene rings is 1. The molecule has 1 heterocycles. The van der Waals surface area contributed by atoms with Crippen molar-refractivity contribution in [1.82, 2.24) is 4.90 Å². The molecule has 0 saturated heterocycles. The molecular weight excluding hydrogens is 348 g/mol. The second kappa shape index (κ2) is 5.94. The van der Waals surface area contributed by atoms with Gasteiger partial charge in [0.1, 0.15) is 0 Å². The minimum absolute atomic E-state index is 0.0799. The van der Waals surface area contributed by atoms with Crippen LogP contribution in [0.5, 0.6) is 0 Å². The molecule has 0 unspecified atom stereocenters. The molecule has 1 amide bonds. The predicted octanol–water partition coefficient (Wildman–Crippen LogP) is 4.02. The molecule has 0 saturated carbocycles. The Labute approximate surface area is 129 Å². The zero-order chi connectivity index (χ0) is 14.0. The fraction of sp³-hybridized carbons (Fsp3) is 0.154. The lowest BCUT2D eigenvalue weighted by Crippen LogP contribution is -2.26. The van der Waals surface area contributed by atoms with Gasteiger partial charge in [0, 0.05) is 22.1 Å². The third kappa shape index (κ3) is 3.49. The van der Waals surface area contributed by atoms with E-state index in [4.69, 9.17) is 17.3 Å². The fourth-order valence-corrected chi connectivity index (χ4v) is 3.21. The molecule has 0 atom stereocenters. The Kier molecular flexibility index (Phi) is 4.50. The Bertz CT molecular complexity index is 614. The van der Waals surface area contributed by atoms with Gasteiger partial charge in [-0.1, -0.05) is 11.6 Å². The van der Waals surface area contributed by atoms with E-state index >= 15 is 0 Å². The smallest absolute Gasteiger partial charge is 0.255 e. The van der Waals surface area contributed by atoms with E-state index in [2.05, 4.69) is 15.9 Å². The molecule has 100 valence electrons. The van der Waals surface area contributed by atoms with Crippen LogP contribution in [0.4, 0.5) is 5.69 Å². The highest BCUT2D eigenvalue weighted by atomic mass is 79.9. The van der Waals surface area contributed by atoms with Crippen LogP contribution in [0, 0.1) is 0 Å². The minimum Gasteiger partial charge on any atom is -0.399 e. The van der Waals surface area contributed by atoms with Crippen LogP contribution >= 0.6 is 38.9 Å². The molecule has 0 spiro atoms. The maximum Gasteiger partial charge on any atom is 0.255 e. The summed E-state index contributed by atoms with van der Waals surface area (Å²) >= 11 is 10.7. The summed E-state index contributed by atoms with van der Waals surface area (Å²) in [6, 6.07) is 8.95. The maximum absolute atomic E-state index is 12.3. The van der Waals surface area contributed by atoms with Crippen molar-refractivity contribution in [1.29, 1.82) is 0 Å². The van der Waals surface area contributed by atoms with Crippen LogP contribution in [0.2, 0.25) is 4.34 Å². The van der Waals surface area contributed by atoms with Gasteiger partial charge in [0.25, 0.3) is 5.91 Å². The van der Waals surface area contributed by atoms with E-state index in [1.54, 1.807) is 30.1 Å². The summed E-state index contributed by atoms with van der Waals surface area (Å²) in [5, 5.41) is 0. The normalized spacial score (nSPS) is 10.5. The van der Waals surface area contributed by atoms with Crippen molar-refractivity contribution >= 4 is 50.5 Å². The van der Waals surface area contributed by atoms with Crippen LogP contribution in [-0.2, 0) is 6.54 Å². The lowest BCUT2D eigenvalue weighted by Gasteiger charge is -2.17. The van der Waals surface area contributed by atoms with Gasteiger partial charge in [0.15, 0.2) is 0 Å². The topological polar surface area (TPSA) is 46.3 Å². The minimum atomic E-state index is -0.0799. The average Bonchev–Trinajstić information content (AvgIpc) is 2.77. The third-order valence-corrected chi connectivity index (χ3v) is 4.50. The number of nitrogens with two attached hydrogens (primary N) is 1. The molecule has 6 heteroatoms. The second-order valence-electron chi connectivity index (χ2n) is 4.11. The number of carbonyl (C=O) groups excluding carboxylic acids is 1. The number of hydrogen-bond donors (Lipinski definition) is 1. The van der Waals surface area contributed by atoms with Gasteiger partial charge in [0.05, 0.1) is 16.4 Å². The highest BCUT2D eigenvalue weighted by molar-refractivity contribution is 9.10. The molecule has 2 rings (SSSR count). The van der Waals surface area contributed by atoms with Gasteiger partial charge in [0.2, 0.25) is 0 Å². The van der Waals surface area contributed by atoms with Crippen molar-refractivity contribution in [3.8, 4) is 0 Å². The van der Waals surface area contributed by atoms with E-state index in [1.807, 2.05) is 12.1 Å². The standard InChI is InChI=1S/C13H12BrClN2OS/c1-17(7-9-3-5-12(15)19-9)13(18)10-6-8(16)2-4-11(10)14/h2-6H,7,16H2,1H3. The number of hydrogen-bond acceptors (Lipinski definition) is 3. The van der Waals surface area contributed by atoms with Crippen molar-refractivity contribution in [2.75, 3.05) is 12.8 Å². The first-order chi connectivity index (χ1) is 8.97. The summed E-state index contributed by atoms with van der Waals surface area (Å²) in [6.45, 7) is 0.525. The van der Waals surface area contributed by atoms with Gasteiger partial charge < -0.3 is 10.6 Å². The molecule has 1 aromatic heterocycles. The number of amides is 1. The SMILES string of the molecule is CN(Cc1ccc(Cl)s1)C(=O)c1cc(N)ccc1Br. The van der Waals surface area contributed by atoms with E-state index < -0.39 is 0 Å². The summed E-state index contributed by atoms with van der Waals surface area (Å²) in [5.41, 5.74) is 6.84. The number of anilines is 1. The van der Waals surface area contributed by atoms with E-state index in [0.717, 1.165) is 13.7 Å². The molecule has 0 aliphatic rings. The van der Waals surface area contributed by atoms with Gasteiger partial charge >= 0.3 is 0 Å². The first-order valence-corrected chi connectivity index (χ1v) is 7.51. The first-order valence-electron chi connectivity index (χ1n) is 5.52. The highest BCUT2D eigenvalue weighted by Crippen LogP contribution is 2.24. The predicted molar refractivity (Wildman–Crippen MR) is 83.7 cm³/mol. The number of carbonyl (C=O) groups is 1. The maximum atomic E-state index is 12.3. The Hall–Kier alpha value is -1.04. The van der Waals surface area contributed by atoms with Crippen LogP contribution in [0.15, 0.2) is 34.8 Å². The largest absolute Gasteiger partial charge is 0.399 e. The molecule has 0 aliphatic carbocycles. The molecule has 19 heavy (non-hydrogen) atoms. The Morgan fingerprint density at radius 3 is 2.79 bits per heavy atom. The lowest BCUT2D eigenvalue weighted by atomic mass is 10.2. The van der Waals surface area contributed by atoms with Crippen molar-refractivity contribution in [3.63, 3.8) is 0 Å². The molecule has 1 aromatic carbocycles. The monoisotopic (exact) mass is 358 g/mol. The van der Waals surface area contributed by atoms with Crippen molar-refractivity contribution in [3.05, 3.63) is 49.6 Å². The van der Waals surface area contributed by atoms with Gasteiger partial charge in [-0.2, -0.15) is 0 Å². The molecule has 2 aromatic rings. The number of nitrogens with zero attached hydrogens (tertiary/aromatic N) is 1. The third-order valence-electron chi connectivity index (χ3n) is 2.59. The molecule has 3 nitrogen and oxygen atoms in total. The summed E-state index contributed by atoms with van der Waals surface area (Å²) in [7, 11) is 1.76. The first kappa shape index (κ1) is 14.4. The van der Waals surface area contributed by atoms with Crippen molar-refractivity contribution in [2.24, 2.45) is 0 Å². The molecule has 0 aliphatic heterocycles. The Balaban J connectivity index is 2.16. The summed E-state index contributed by atoms with van der Waals surface area (Å²) in [4.78, 5) is 15.0. The molecule has 0 radical (unpaired) electrons. The average molecular weight is 360 g/mol. The van der Waals surface area contributed by atoms with E-state index in [9.17, 15) is 4.79 Å². The Morgan fingerprint density at radius 2 is 2.16 bits per heavy atom.